The second-order valence-electron chi connectivity index (χ2n) is 6.14. The fourth-order valence-corrected chi connectivity index (χ4v) is 2.07. The van der Waals surface area contributed by atoms with Crippen LogP contribution < -0.4 is 5.32 Å². The highest BCUT2D eigenvalue weighted by Gasteiger charge is 2.12. The minimum atomic E-state index is 0.226. The molecule has 0 fully saturated rings. The second-order valence-corrected chi connectivity index (χ2v) is 6.14. The fourth-order valence-electron chi connectivity index (χ4n) is 2.07. The Hall–Kier alpha value is -1.68. The van der Waals surface area contributed by atoms with Crippen LogP contribution in [0.15, 0.2) is 36.7 Å². The maximum absolute atomic E-state index is 3.94. The molecule has 1 N–H and O–H groups in total. The van der Waals surface area contributed by atoms with E-state index in [0.717, 1.165) is 26.1 Å². The molecule has 0 aliphatic heterocycles. The summed E-state index contributed by atoms with van der Waals surface area (Å²) in [5, 5.41) is 11.2. The molecule has 0 unspecified atom stereocenters. The maximum atomic E-state index is 3.94. The van der Waals surface area contributed by atoms with Crippen molar-refractivity contribution < 1.29 is 0 Å². The first kappa shape index (κ1) is 14.7. The lowest BCUT2D eigenvalue weighted by atomic mass is 9.87. The fraction of sp³-hybridized carbons (Fsp3) is 0.500. The third-order valence-corrected chi connectivity index (χ3v) is 3.36. The van der Waals surface area contributed by atoms with Crippen LogP contribution in [0.25, 0.3) is 0 Å². The molecule has 0 aliphatic rings. The summed E-state index contributed by atoms with van der Waals surface area (Å²) in [5.74, 6) is 0. The van der Waals surface area contributed by atoms with Gasteiger partial charge in [0.1, 0.15) is 0 Å². The monoisotopic (exact) mass is 272 g/mol. The van der Waals surface area contributed by atoms with Gasteiger partial charge in [-0.05, 0) is 29.5 Å². The molecule has 108 valence electrons. The quantitative estimate of drug-likeness (QED) is 0.822. The molecule has 2 aromatic rings. The third kappa shape index (κ3) is 4.46. The number of aromatic nitrogens is 3. The zero-order valence-electron chi connectivity index (χ0n) is 12.6. The van der Waals surface area contributed by atoms with Crippen molar-refractivity contribution in [2.24, 2.45) is 0 Å². The van der Waals surface area contributed by atoms with Crippen LogP contribution in [-0.2, 0) is 18.5 Å². The number of benzene rings is 1. The highest BCUT2D eigenvalue weighted by molar-refractivity contribution is 5.27. The Balaban J connectivity index is 1.69. The summed E-state index contributed by atoms with van der Waals surface area (Å²) in [5.41, 5.74) is 2.94. The Morgan fingerprint density at radius 1 is 1.15 bits per heavy atom. The molecule has 0 saturated carbocycles. The van der Waals surface area contributed by atoms with Crippen LogP contribution in [0.5, 0.6) is 0 Å². The molecule has 0 aliphatic carbocycles. The summed E-state index contributed by atoms with van der Waals surface area (Å²) in [6.07, 6.45) is 4.67. The van der Waals surface area contributed by atoms with Crippen molar-refractivity contribution >= 4 is 0 Å². The van der Waals surface area contributed by atoms with E-state index in [1.54, 1.807) is 6.20 Å². The normalized spacial score (nSPS) is 11.8. The van der Waals surface area contributed by atoms with Crippen molar-refractivity contribution in [2.75, 3.05) is 6.54 Å². The zero-order chi connectivity index (χ0) is 14.4. The van der Waals surface area contributed by atoms with E-state index in [1.165, 1.54) is 11.1 Å². The topological polar surface area (TPSA) is 42.7 Å². The highest BCUT2D eigenvalue weighted by atomic mass is 15.4. The Morgan fingerprint density at radius 3 is 2.50 bits per heavy atom. The average Bonchev–Trinajstić information content (AvgIpc) is 2.91. The Kier molecular flexibility index (Phi) is 4.90. The van der Waals surface area contributed by atoms with Crippen molar-refractivity contribution in [1.29, 1.82) is 0 Å². The molecular formula is C16H24N4. The van der Waals surface area contributed by atoms with Crippen molar-refractivity contribution in [2.45, 2.75) is 45.7 Å². The van der Waals surface area contributed by atoms with Crippen LogP contribution in [-0.4, -0.2) is 21.5 Å². The average molecular weight is 272 g/mol. The number of nitrogens with one attached hydrogen (secondary N) is 1. The Morgan fingerprint density at radius 2 is 1.90 bits per heavy atom. The molecule has 0 radical (unpaired) electrons. The molecule has 0 saturated heterocycles. The van der Waals surface area contributed by atoms with Gasteiger partial charge in [0.15, 0.2) is 0 Å². The van der Waals surface area contributed by atoms with Gasteiger partial charge in [0, 0.05) is 19.3 Å². The number of hydrogen-bond donors (Lipinski definition) is 1. The predicted molar refractivity (Wildman–Crippen MR) is 81.5 cm³/mol. The summed E-state index contributed by atoms with van der Waals surface area (Å²) >= 11 is 0. The van der Waals surface area contributed by atoms with Gasteiger partial charge in [-0.2, -0.15) is 0 Å². The van der Waals surface area contributed by atoms with Crippen LogP contribution in [0.1, 0.15) is 38.3 Å². The van der Waals surface area contributed by atoms with Crippen molar-refractivity contribution in [3.8, 4) is 0 Å². The molecule has 1 aromatic heterocycles. The van der Waals surface area contributed by atoms with Gasteiger partial charge in [-0.25, -0.2) is 0 Å². The maximum Gasteiger partial charge on any atom is 0.0692 e. The van der Waals surface area contributed by atoms with E-state index >= 15 is 0 Å². The van der Waals surface area contributed by atoms with Gasteiger partial charge in [-0.3, -0.25) is 4.68 Å². The first-order chi connectivity index (χ1) is 9.55. The number of nitrogens with zero attached hydrogens (tertiary/aromatic N) is 3. The van der Waals surface area contributed by atoms with Gasteiger partial charge in [0.2, 0.25) is 0 Å². The molecule has 0 atom stereocenters. The summed E-state index contributed by atoms with van der Waals surface area (Å²) in [4.78, 5) is 0. The summed E-state index contributed by atoms with van der Waals surface area (Å²) in [6.45, 7) is 9.54. The molecule has 0 spiro atoms. The second kappa shape index (κ2) is 6.66. The van der Waals surface area contributed by atoms with E-state index in [4.69, 9.17) is 0 Å². The third-order valence-electron chi connectivity index (χ3n) is 3.36. The first-order valence-electron chi connectivity index (χ1n) is 7.20. The number of rotatable bonds is 6. The van der Waals surface area contributed by atoms with Gasteiger partial charge in [-0.1, -0.05) is 50.3 Å². The van der Waals surface area contributed by atoms with Crippen LogP contribution in [0.2, 0.25) is 0 Å². The number of aryl methyl sites for hydroxylation is 1. The van der Waals surface area contributed by atoms with Crippen molar-refractivity contribution in [3.05, 3.63) is 47.8 Å². The predicted octanol–water partition coefficient (Wildman–Crippen LogP) is 2.76. The molecule has 2 rings (SSSR count). The SMILES string of the molecule is CC(C)(C)c1ccc(CNCCCn2ccnn2)cc1. The lowest BCUT2D eigenvalue weighted by molar-refractivity contribution is 0.530. The van der Waals surface area contributed by atoms with E-state index in [-0.39, 0.29) is 5.41 Å². The van der Waals surface area contributed by atoms with E-state index < -0.39 is 0 Å². The summed E-state index contributed by atoms with van der Waals surface area (Å²) < 4.78 is 1.86. The Bertz CT molecular complexity index is 494. The molecule has 4 nitrogen and oxygen atoms in total. The van der Waals surface area contributed by atoms with E-state index in [2.05, 4.69) is 60.7 Å². The zero-order valence-corrected chi connectivity index (χ0v) is 12.6. The van der Waals surface area contributed by atoms with Crippen LogP contribution >= 0.6 is 0 Å². The first-order valence-corrected chi connectivity index (χ1v) is 7.20. The number of hydrogen-bond acceptors (Lipinski definition) is 3. The molecule has 1 aromatic carbocycles. The van der Waals surface area contributed by atoms with Crippen LogP contribution in [0.3, 0.4) is 0 Å². The minimum absolute atomic E-state index is 0.226. The molecule has 20 heavy (non-hydrogen) atoms. The standard InChI is InChI=1S/C16H24N4/c1-16(2,3)15-7-5-14(6-8-15)13-17-9-4-11-20-12-10-18-19-20/h5-8,10,12,17H,4,9,11,13H2,1-3H3. The largest absolute Gasteiger partial charge is 0.313 e. The van der Waals surface area contributed by atoms with E-state index in [0.29, 0.717) is 0 Å². The minimum Gasteiger partial charge on any atom is -0.313 e. The molecule has 0 bridgehead atoms. The summed E-state index contributed by atoms with van der Waals surface area (Å²) in [7, 11) is 0. The van der Waals surface area contributed by atoms with Gasteiger partial charge in [0.05, 0.1) is 6.20 Å². The molecule has 4 heteroatoms. The van der Waals surface area contributed by atoms with Crippen molar-refractivity contribution in [3.63, 3.8) is 0 Å². The smallest absolute Gasteiger partial charge is 0.0692 e. The lowest BCUT2D eigenvalue weighted by Gasteiger charge is -2.19. The lowest BCUT2D eigenvalue weighted by Crippen LogP contribution is -2.17. The van der Waals surface area contributed by atoms with E-state index in [1.807, 2.05) is 10.9 Å². The van der Waals surface area contributed by atoms with E-state index in [9.17, 15) is 0 Å². The summed E-state index contributed by atoms with van der Waals surface area (Å²) in [6, 6.07) is 8.88. The van der Waals surface area contributed by atoms with Crippen LogP contribution in [0, 0.1) is 0 Å². The molecule has 1 heterocycles. The Labute approximate surface area is 121 Å². The van der Waals surface area contributed by atoms with Gasteiger partial charge >= 0.3 is 0 Å². The van der Waals surface area contributed by atoms with Gasteiger partial charge in [-0.15, -0.1) is 5.10 Å². The molecule has 0 amide bonds. The van der Waals surface area contributed by atoms with Crippen LogP contribution in [0.4, 0.5) is 0 Å². The van der Waals surface area contributed by atoms with Gasteiger partial charge in [0.25, 0.3) is 0 Å². The van der Waals surface area contributed by atoms with Crippen molar-refractivity contribution in [1.82, 2.24) is 20.3 Å². The van der Waals surface area contributed by atoms with Gasteiger partial charge < -0.3 is 5.32 Å². The highest BCUT2D eigenvalue weighted by Crippen LogP contribution is 2.22. The molecular weight excluding hydrogens is 248 g/mol.